The number of methoxy groups -OCH3 is 1. The Labute approximate surface area is 110 Å². The molecule has 19 heavy (non-hydrogen) atoms. The van der Waals surface area contributed by atoms with Crippen molar-refractivity contribution in [3.8, 4) is 11.5 Å². The van der Waals surface area contributed by atoms with E-state index in [1.807, 2.05) is 12.1 Å². The maximum atomic E-state index is 11.6. The normalized spacial score (nSPS) is 9.95. The van der Waals surface area contributed by atoms with Crippen molar-refractivity contribution in [1.29, 1.82) is 0 Å². The van der Waals surface area contributed by atoms with Crippen molar-refractivity contribution in [3.63, 3.8) is 0 Å². The molecule has 0 aliphatic carbocycles. The van der Waals surface area contributed by atoms with Crippen molar-refractivity contribution in [2.24, 2.45) is 0 Å². The Morgan fingerprint density at radius 2 is 2.16 bits per heavy atom. The van der Waals surface area contributed by atoms with E-state index in [9.17, 15) is 4.79 Å². The highest BCUT2D eigenvalue weighted by molar-refractivity contribution is 5.77. The molecular formula is C13H15N3O3. The Hall–Kier alpha value is -2.50. The van der Waals surface area contributed by atoms with Gasteiger partial charge in [0.1, 0.15) is 0 Å². The zero-order valence-electron chi connectivity index (χ0n) is 10.6. The molecule has 0 spiro atoms. The number of nitrogens with zero attached hydrogens (tertiary/aromatic N) is 1. The van der Waals surface area contributed by atoms with E-state index in [0.29, 0.717) is 18.0 Å². The summed E-state index contributed by atoms with van der Waals surface area (Å²) in [6, 6.07) is 7.18. The summed E-state index contributed by atoms with van der Waals surface area (Å²) in [5.41, 5.74) is 0.839. The van der Waals surface area contributed by atoms with Crippen LogP contribution in [-0.4, -0.2) is 29.6 Å². The molecule has 0 bridgehead atoms. The molecule has 0 radical (unpaired) electrons. The first kappa shape index (κ1) is 12.9. The topological polar surface area (TPSA) is 76.2 Å². The quantitative estimate of drug-likeness (QED) is 0.816. The van der Waals surface area contributed by atoms with Crippen LogP contribution in [0, 0.1) is 0 Å². The number of ether oxygens (including phenoxy) is 2. The Kier molecular flexibility index (Phi) is 4.39. The van der Waals surface area contributed by atoms with Gasteiger partial charge >= 0.3 is 0 Å². The number of imidazole rings is 1. The lowest BCUT2D eigenvalue weighted by Gasteiger charge is -2.10. The Morgan fingerprint density at radius 3 is 2.84 bits per heavy atom. The minimum Gasteiger partial charge on any atom is -0.493 e. The summed E-state index contributed by atoms with van der Waals surface area (Å²) < 4.78 is 10.5. The van der Waals surface area contributed by atoms with Crippen LogP contribution in [0.1, 0.15) is 5.69 Å². The fraction of sp³-hybridized carbons (Fsp3) is 0.231. The number of amides is 1. The van der Waals surface area contributed by atoms with Crippen LogP contribution in [0.15, 0.2) is 36.8 Å². The van der Waals surface area contributed by atoms with Crippen molar-refractivity contribution in [3.05, 3.63) is 42.5 Å². The highest BCUT2D eigenvalue weighted by atomic mass is 16.5. The fourth-order valence-electron chi connectivity index (χ4n) is 1.51. The summed E-state index contributed by atoms with van der Waals surface area (Å²) in [6.45, 7) is 0.336. The molecule has 1 amide bonds. The van der Waals surface area contributed by atoms with E-state index in [0.717, 1.165) is 5.69 Å². The van der Waals surface area contributed by atoms with Gasteiger partial charge < -0.3 is 19.8 Å². The van der Waals surface area contributed by atoms with Crippen LogP contribution in [0.25, 0.3) is 0 Å². The second-order valence-electron chi connectivity index (χ2n) is 3.79. The molecule has 2 N–H and O–H groups in total. The predicted molar refractivity (Wildman–Crippen MR) is 68.9 cm³/mol. The SMILES string of the molecule is COc1ccccc1OCC(=O)NCc1cnc[nH]1. The molecule has 1 aromatic heterocycles. The molecule has 0 aliphatic rings. The average molecular weight is 261 g/mol. The monoisotopic (exact) mass is 261 g/mol. The Morgan fingerprint density at radius 1 is 1.37 bits per heavy atom. The lowest BCUT2D eigenvalue weighted by Crippen LogP contribution is -2.28. The van der Waals surface area contributed by atoms with Crippen LogP contribution in [0.3, 0.4) is 0 Å². The van der Waals surface area contributed by atoms with Crippen molar-refractivity contribution in [1.82, 2.24) is 15.3 Å². The summed E-state index contributed by atoms with van der Waals surface area (Å²) in [5.74, 6) is 0.936. The van der Waals surface area contributed by atoms with Crippen LogP contribution in [-0.2, 0) is 11.3 Å². The van der Waals surface area contributed by atoms with Crippen molar-refractivity contribution < 1.29 is 14.3 Å². The van der Waals surface area contributed by atoms with Crippen molar-refractivity contribution in [2.45, 2.75) is 6.54 Å². The minimum atomic E-state index is -0.208. The van der Waals surface area contributed by atoms with Crippen LogP contribution in [0.5, 0.6) is 11.5 Å². The number of para-hydroxylation sites is 2. The molecule has 2 aromatic rings. The molecular weight excluding hydrogens is 246 g/mol. The van der Waals surface area contributed by atoms with Gasteiger partial charge in [0.05, 0.1) is 25.7 Å². The van der Waals surface area contributed by atoms with Crippen molar-refractivity contribution in [2.75, 3.05) is 13.7 Å². The summed E-state index contributed by atoms with van der Waals surface area (Å²) in [7, 11) is 1.56. The number of rotatable bonds is 6. The van der Waals surface area contributed by atoms with E-state index < -0.39 is 0 Å². The number of aromatic nitrogens is 2. The molecule has 0 aliphatic heterocycles. The molecule has 2 rings (SSSR count). The van der Waals surface area contributed by atoms with Crippen LogP contribution in [0.2, 0.25) is 0 Å². The predicted octanol–water partition coefficient (Wildman–Crippen LogP) is 1.11. The van der Waals surface area contributed by atoms with Crippen LogP contribution in [0.4, 0.5) is 0 Å². The molecule has 1 aromatic carbocycles. The van der Waals surface area contributed by atoms with Gasteiger partial charge in [-0.05, 0) is 12.1 Å². The Balaban J connectivity index is 1.80. The van der Waals surface area contributed by atoms with Gasteiger partial charge in [0, 0.05) is 6.20 Å². The van der Waals surface area contributed by atoms with Gasteiger partial charge in [-0.2, -0.15) is 0 Å². The molecule has 0 atom stereocenters. The first-order chi connectivity index (χ1) is 9.29. The molecule has 100 valence electrons. The Bertz CT molecular complexity index is 526. The lowest BCUT2D eigenvalue weighted by molar-refractivity contribution is -0.123. The summed E-state index contributed by atoms with van der Waals surface area (Å²) in [6.07, 6.45) is 3.22. The third kappa shape index (κ3) is 3.74. The van der Waals surface area contributed by atoms with E-state index in [1.165, 1.54) is 0 Å². The highest BCUT2D eigenvalue weighted by Gasteiger charge is 2.06. The number of aromatic amines is 1. The molecule has 1 heterocycles. The highest BCUT2D eigenvalue weighted by Crippen LogP contribution is 2.25. The van der Waals surface area contributed by atoms with Gasteiger partial charge in [0.15, 0.2) is 18.1 Å². The molecule has 0 saturated heterocycles. The fourth-order valence-corrected chi connectivity index (χ4v) is 1.51. The molecule has 0 fully saturated rings. The number of benzene rings is 1. The van der Waals surface area contributed by atoms with Gasteiger partial charge in [0.2, 0.25) is 0 Å². The number of carbonyl (C=O) groups excluding carboxylic acids is 1. The number of hydrogen-bond acceptors (Lipinski definition) is 4. The first-order valence-electron chi connectivity index (χ1n) is 5.79. The maximum absolute atomic E-state index is 11.6. The minimum absolute atomic E-state index is 0.0610. The van der Waals surface area contributed by atoms with Crippen LogP contribution < -0.4 is 14.8 Å². The molecule has 0 saturated carbocycles. The standard InChI is InChI=1S/C13H15N3O3/c1-18-11-4-2-3-5-12(11)19-8-13(17)15-7-10-6-14-9-16-10/h2-6,9H,7-8H2,1H3,(H,14,16)(H,15,17). The smallest absolute Gasteiger partial charge is 0.258 e. The van der Waals surface area contributed by atoms with E-state index in [1.54, 1.807) is 31.8 Å². The number of hydrogen-bond donors (Lipinski definition) is 2. The third-order valence-electron chi connectivity index (χ3n) is 2.46. The maximum Gasteiger partial charge on any atom is 0.258 e. The van der Waals surface area contributed by atoms with Gasteiger partial charge in [-0.3, -0.25) is 4.79 Å². The zero-order chi connectivity index (χ0) is 13.5. The third-order valence-corrected chi connectivity index (χ3v) is 2.46. The summed E-state index contributed by atoms with van der Waals surface area (Å²) >= 11 is 0. The second kappa shape index (κ2) is 6.44. The van der Waals surface area contributed by atoms with E-state index in [2.05, 4.69) is 15.3 Å². The lowest BCUT2D eigenvalue weighted by atomic mass is 10.3. The van der Waals surface area contributed by atoms with Crippen molar-refractivity contribution >= 4 is 5.91 Å². The van der Waals surface area contributed by atoms with E-state index in [4.69, 9.17) is 9.47 Å². The van der Waals surface area contributed by atoms with Gasteiger partial charge in [-0.15, -0.1) is 0 Å². The van der Waals surface area contributed by atoms with Crippen LogP contribution >= 0.6 is 0 Å². The molecule has 6 nitrogen and oxygen atoms in total. The molecule has 6 heteroatoms. The van der Waals surface area contributed by atoms with Gasteiger partial charge in [-0.25, -0.2) is 4.98 Å². The molecule has 0 unspecified atom stereocenters. The summed E-state index contributed by atoms with van der Waals surface area (Å²) in [5, 5.41) is 2.72. The number of H-pyrrole nitrogens is 1. The van der Waals surface area contributed by atoms with E-state index >= 15 is 0 Å². The zero-order valence-corrected chi connectivity index (χ0v) is 10.6. The van der Waals surface area contributed by atoms with Gasteiger partial charge in [0.25, 0.3) is 5.91 Å². The second-order valence-corrected chi connectivity index (χ2v) is 3.79. The van der Waals surface area contributed by atoms with Gasteiger partial charge in [-0.1, -0.05) is 12.1 Å². The largest absolute Gasteiger partial charge is 0.493 e. The van der Waals surface area contributed by atoms with E-state index in [-0.39, 0.29) is 12.5 Å². The number of carbonyl (C=O) groups is 1. The summed E-state index contributed by atoms with van der Waals surface area (Å²) in [4.78, 5) is 18.4. The average Bonchev–Trinajstić information content (AvgIpc) is 2.96. The first-order valence-corrected chi connectivity index (χ1v) is 5.79. The number of nitrogens with one attached hydrogen (secondary N) is 2.